The summed E-state index contributed by atoms with van der Waals surface area (Å²) < 4.78 is 5.96. The third-order valence-corrected chi connectivity index (χ3v) is 6.66. The summed E-state index contributed by atoms with van der Waals surface area (Å²) in [4.78, 5) is 26.9. The molecular weight excluding hydrogens is 346 g/mol. The van der Waals surface area contributed by atoms with E-state index in [0.717, 1.165) is 29.6 Å². The fraction of sp³-hybridized carbons (Fsp3) is 0.500. The van der Waals surface area contributed by atoms with Crippen LogP contribution in [0.15, 0.2) is 34.7 Å². The van der Waals surface area contributed by atoms with E-state index in [-0.39, 0.29) is 23.8 Å². The number of rotatable bonds is 3. The highest BCUT2D eigenvalue weighted by Gasteiger charge is 2.56. The number of hydrazine groups is 1. The number of furan rings is 1. The van der Waals surface area contributed by atoms with Gasteiger partial charge in [0.1, 0.15) is 11.3 Å². The first-order valence-corrected chi connectivity index (χ1v) is 9.57. The lowest BCUT2D eigenvalue weighted by atomic mass is 9.81. The van der Waals surface area contributed by atoms with Crippen LogP contribution in [0.5, 0.6) is 0 Å². The summed E-state index contributed by atoms with van der Waals surface area (Å²) >= 11 is 0. The molecule has 3 aliphatic rings. The molecule has 2 unspecified atom stereocenters. The number of nitrogens with zero attached hydrogens (tertiary/aromatic N) is 1. The van der Waals surface area contributed by atoms with Crippen LogP contribution >= 0.6 is 0 Å². The molecular formula is C20H23N3O4. The summed E-state index contributed by atoms with van der Waals surface area (Å²) in [7, 11) is 0. The van der Waals surface area contributed by atoms with Crippen LogP contribution in [0, 0.1) is 17.3 Å². The second-order valence-electron chi connectivity index (χ2n) is 8.07. The van der Waals surface area contributed by atoms with Gasteiger partial charge in [-0.15, -0.1) is 0 Å². The van der Waals surface area contributed by atoms with E-state index in [1.807, 2.05) is 30.3 Å². The number of carbonyl (C=O) groups excluding carboxylic acids is 1. The number of fused-ring (bicyclic) bond motifs is 2. The fourth-order valence-electron chi connectivity index (χ4n) is 5.19. The van der Waals surface area contributed by atoms with Gasteiger partial charge in [-0.3, -0.25) is 15.0 Å². The molecule has 1 saturated carbocycles. The normalized spacial score (nSPS) is 32.9. The lowest BCUT2D eigenvalue weighted by Gasteiger charge is -2.25. The van der Waals surface area contributed by atoms with Crippen molar-refractivity contribution in [3.05, 3.63) is 36.1 Å². The highest BCUT2D eigenvalue weighted by molar-refractivity contribution is 5.84. The molecule has 0 spiro atoms. The summed E-state index contributed by atoms with van der Waals surface area (Å²) in [5.74, 6) is -0.252. The number of likely N-dealkylation sites (tertiary alicyclic amines) is 1. The van der Waals surface area contributed by atoms with Gasteiger partial charge in [-0.2, -0.15) is 0 Å². The summed E-state index contributed by atoms with van der Waals surface area (Å²) in [6.07, 6.45) is 2.50. The number of benzene rings is 1. The van der Waals surface area contributed by atoms with Gasteiger partial charge in [0, 0.05) is 25.0 Å². The third-order valence-electron chi connectivity index (χ3n) is 6.66. The number of hydrogen-bond donors (Lipinski definition) is 3. The lowest BCUT2D eigenvalue weighted by molar-refractivity contribution is -0.149. The van der Waals surface area contributed by atoms with Gasteiger partial charge in [0.2, 0.25) is 5.91 Å². The molecule has 7 heteroatoms. The molecule has 2 saturated heterocycles. The Morgan fingerprint density at radius 3 is 2.93 bits per heavy atom. The monoisotopic (exact) mass is 369 g/mol. The Kier molecular flexibility index (Phi) is 3.77. The van der Waals surface area contributed by atoms with Gasteiger partial charge in [-0.25, -0.2) is 5.43 Å². The third kappa shape index (κ3) is 2.49. The van der Waals surface area contributed by atoms with Crippen molar-refractivity contribution in [3.8, 4) is 0 Å². The Bertz CT molecular complexity index is 877. The van der Waals surface area contributed by atoms with Crippen molar-refractivity contribution in [3.63, 3.8) is 0 Å². The molecule has 3 fully saturated rings. The van der Waals surface area contributed by atoms with E-state index in [1.165, 1.54) is 0 Å². The number of amides is 1. The summed E-state index contributed by atoms with van der Waals surface area (Å²) in [5.41, 5.74) is 6.29. The Labute approximate surface area is 156 Å². The Morgan fingerprint density at radius 1 is 1.30 bits per heavy atom. The van der Waals surface area contributed by atoms with Gasteiger partial charge >= 0.3 is 5.97 Å². The zero-order chi connectivity index (χ0) is 18.6. The summed E-state index contributed by atoms with van der Waals surface area (Å²) in [6.45, 7) is 1.38. The van der Waals surface area contributed by atoms with E-state index in [1.54, 1.807) is 4.90 Å². The SMILES string of the molecule is O=C(C1CNNC1c1cc2ccccc2o1)N1C[C@@H]2CCC[C@@]2(C(=O)O)C1. The van der Waals surface area contributed by atoms with Crippen molar-refractivity contribution in [1.82, 2.24) is 15.8 Å². The molecule has 1 aliphatic carbocycles. The van der Waals surface area contributed by atoms with Gasteiger partial charge in [-0.05, 0) is 30.9 Å². The molecule has 4 atom stereocenters. The first-order chi connectivity index (χ1) is 13.1. The highest BCUT2D eigenvalue weighted by atomic mass is 16.4. The van der Waals surface area contributed by atoms with Crippen LogP contribution in [0.25, 0.3) is 11.0 Å². The van der Waals surface area contributed by atoms with E-state index >= 15 is 0 Å². The van der Waals surface area contributed by atoms with Crippen molar-refractivity contribution < 1.29 is 19.1 Å². The number of para-hydroxylation sites is 1. The average molecular weight is 369 g/mol. The quantitative estimate of drug-likeness (QED) is 0.765. The molecule has 5 rings (SSSR count). The summed E-state index contributed by atoms with van der Waals surface area (Å²) in [5, 5.41) is 10.8. The first-order valence-electron chi connectivity index (χ1n) is 9.57. The maximum absolute atomic E-state index is 13.3. The van der Waals surface area contributed by atoms with Crippen molar-refractivity contribution in [2.75, 3.05) is 19.6 Å². The first kappa shape index (κ1) is 16.8. The van der Waals surface area contributed by atoms with Crippen LogP contribution in [0.1, 0.15) is 31.1 Å². The molecule has 1 amide bonds. The van der Waals surface area contributed by atoms with Crippen molar-refractivity contribution in [1.29, 1.82) is 0 Å². The van der Waals surface area contributed by atoms with Gasteiger partial charge in [-0.1, -0.05) is 24.6 Å². The predicted octanol–water partition coefficient (Wildman–Crippen LogP) is 1.91. The smallest absolute Gasteiger partial charge is 0.311 e. The van der Waals surface area contributed by atoms with Crippen molar-refractivity contribution >= 4 is 22.8 Å². The minimum atomic E-state index is -0.753. The van der Waals surface area contributed by atoms with Crippen LogP contribution in [0.2, 0.25) is 0 Å². The molecule has 2 aromatic rings. The van der Waals surface area contributed by atoms with Crippen LogP contribution in [-0.4, -0.2) is 41.5 Å². The van der Waals surface area contributed by atoms with Crippen molar-refractivity contribution in [2.45, 2.75) is 25.3 Å². The molecule has 1 aromatic carbocycles. The largest absolute Gasteiger partial charge is 0.481 e. The van der Waals surface area contributed by atoms with Crippen LogP contribution < -0.4 is 10.9 Å². The second kappa shape index (κ2) is 6.07. The second-order valence-corrected chi connectivity index (χ2v) is 8.07. The Balaban J connectivity index is 1.39. The minimum absolute atomic E-state index is 0.00739. The van der Waals surface area contributed by atoms with E-state index in [2.05, 4.69) is 10.9 Å². The van der Waals surface area contributed by atoms with E-state index < -0.39 is 11.4 Å². The van der Waals surface area contributed by atoms with Crippen molar-refractivity contribution in [2.24, 2.45) is 17.3 Å². The highest BCUT2D eigenvalue weighted by Crippen LogP contribution is 2.49. The van der Waals surface area contributed by atoms with Gasteiger partial charge in [0.25, 0.3) is 0 Å². The Morgan fingerprint density at radius 2 is 2.15 bits per heavy atom. The zero-order valence-electron chi connectivity index (χ0n) is 15.0. The molecule has 1 aromatic heterocycles. The molecule has 3 heterocycles. The average Bonchev–Trinajstić information content (AvgIpc) is 3.40. The number of carbonyl (C=O) groups is 2. The number of nitrogens with one attached hydrogen (secondary N) is 2. The van der Waals surface area contributed by atoms with Crippen LogP contribution in [0.3, 0.4) is 0 Å². The van der Waals surface area contributed by atoms with Gasteiger partial charge in [0.05, 0.1) is 17.4 Å². The molecule has 3 N–H and O–H groups in total. The predicted molar refractivity (Wildman–Crippen MR) is 97.6 cm³/mol. The van der Waals surface area contributed by atoms with Gasteiger partial charge < -0.3 is 14.4 Å². The number of hydrogen-bond acceptors (Lipinski definition) is 5. The van der Waals surface area contributed by atoms with E-state index in [4.69, 9.17) is 4.42 Å². The van der Waals surface area contributed by atoms with Gasteiger partial charge in [0.15, 0.2) is 0 Å². The van der Waals surface area contributed by atoms with Crippen LogP contribution in [0.4, 0.5) is 0 Å². The molecule has 0 radical (unpaired) electrons. The number of carboxylic acids is 1. The van der Waals surface area contributed by atoms with Crippen LogP contribution in [-0.2, 0) is 9.59 Å². The number of aliphatic carboxylic acids is 1. The molecule has 7 nitrogen and oxygen atoms in total. The summed E-state index contributed by atoms with van der Waals surface area (Å²) in [6, 6.07) is 9.49. The van der Waals surface area contributed by atoms with E-state index in [0.29, 0.717) is 26.1 Å². The standard InChI is InChI=1S/C20H23N3O4/c24-18(23-10-13-5-3-7-20(13,11-23)19(25)26)14-9-21-22-17(14)16-8-12-4-1-2-6-15(12)27-16/h1-2,4,6,8,13-14,17,21-22H,3,5,7,9-11H2,(H,25,26)/t13-,14?,17?,20+/m0/s1. The maximum Gasteiger partial charge on any atom is 0.311 e. The van der Waals surface area contributed by atoms with E-state index in [9.17, 15) is 14.7 Å². The lowest BCUT2D eigenvalue weighted by Crippen LogP contribution is -2.41. The Hall–Kier alpha value is -2.38. The molecule has 0 bridgehead atoms. The number of carboxylic acid groups (broad SMARTS) is 1. The topological polar surface area (TPSA) is 94.8 Å². The minimum Gasteiger partial charge on any atom is -0.481 e. The zero-order valence-corrected chi connectivity index (χ0v) is 15.0. The molecule has 142 valence electrons. The molecule has 2 aliphatic heterocycles. The maximum atomic E-state index is 13.3. The fourth-order valence-corrected chi connectivity index (χ4v) is 5.19. The molecule has 27 heavy (non-hydrogen) atoms.